The minimum absolute atomic E-state index is 0.657. The lowest BCUT2D eigenvalue weighted by molar-refractivity contribution is 0.799. The lowest BCUT2D eigenvalue weighted by atomic mass is 10.1. The monoisotopic (exact) mass is 351 g/mol. The molecule has 0 saturated carbocycles. The molecule has 1 aliphatic rings. The predicted molar refractivity (Wildman–Crippen MR) is 109 cm³/mol. The average Bonchev–Trinajstić information content (AvgIpc) is 3.22. The van der Waals surface area contributed by atoms with E-state index in [0.29, 0.717) is 6.54 Å². The molecule has 0 aliphatic carbocycles. The number of nitrogens with one attached hydrogen (secondary N) is 2. The molecule has 2 N–H and O–H groups in total. The van der Waals surface area contributed by atoms with Crippen LogP contribution in [0.15, 0.2) is 53.7 Å². The number of anilines is 1. The van der Waals surface area contributed by atoms with Crippen LogP contribution in [0.1, 0.15) is 30.9 Å². The van der Waals surface area contributed by atoms with E-state index in [1.807, 2.05) is 12.3 Å². The number of guanidine groups is 1. The van der Waals surface area contributed by atoms with Crippen LogP contribution in [-0.2, 0) is 13.0 Å². The van der Waals surface area contributed by atoms with Crippen molar-refractivity contribution in [2.45, 2.75) is 32.7 Å². The van der Waals surface area contributed by atoms with Crippen molar-refractivity contribution in [3.63, 3.8) is 0 Å². The summed E-state index contributed by atoms with van der Waals surface area (Å²) in [4.78, 5) is 11.6. The van der Waals surface area contributed by atoms with Gasteiger partial charge in [-0.1, -0.05) is 30.3 Å². The van der Waals surface area contributed by atoms with Gasteiger partial charge in [-0.3, -0.25) is 0 Å². The molecule has 2 aromatic rings. The lowest BCUT2D eigenvalue weighted by Gasteiger charge is -2.16. The maximum atomic E-state index is 4.73. The maximum absolute atomic E-state index is 4.73. The van der Waals surface area contributed by atoms with Crippen LogP contribution in [-0.4, -0.2) is 37.1 Å². The zero-order valence-electron chi connectivity index (χ0n) is 15.6. The topological polar surface area (TPSA) is 52.6 Å². The number of aromatic nitrogens is 1. The highest BCUT2D eigenvalue weighted by Gasteiger charge is 2.13. The minimum Gasteiger partial charge on any atom is -0.357 e. The fourth-order valence-corrected chi connectivity index (χ4v) is 3.16. The zero-order valence-corrected chi connectivity index (χ0v) is 15.6. The van der Waals surface area contributed by atoms with E-state index in [2.05, 4.69) is 63.8 Å². The zero-order chi connectivity index (χ0) is 18.0. The molecule has 1 aromatic carbocycles. The number of hydrogen-bond acceptors (Lipinski definition) is 3. The van der Waals surface area contributed by atoms with Gasteiger partial charge in [0.2, 0.25) is 0 Å². The first-order chi connectivity index (χ1) is 12.8. The second-order valence-corrected chi connectivity index (χ2v) is 6.57. The fraction of sp³-hybridized carbons (Fsp3) is 0.429. The third kappa shape index (κ3) is 5.48. The first-order valence-corrected chi connectivity index (χ1v) is 9.61. The van der Waals surface area contributed by atoms with E-state index in [-0.39, 0.29) is 0 Å². The number of rotatable bonds is 7. The molecule has 0 bridgehead atoms. The molecule has 0 atom stereocenters. The minimum atomic E-state index is 0.657. The fourth-order valence-electron chi connectivity index (χ4n) is 3.16. The molecule has 5 heteroatoms. The number of aliphatic imine (C=N–C) groups is 1. The van der Waals surface area contributed by atoms with E-state index in [4.69, 9.17) is 4.99 Å². The van der Waals surface area contributed by atoms with Crippen molar-refractivity contribution in [3.8, 4) is 0 Å². The summed E-state index contributed by atoms with van der Waals surface area (Å²) in [5.41, 5.74) is 2.53. The van der Waals surface area contributed by atoms with Gasteiger partial charge in [-0.15, -0.1) is 0 Å². The molecule has 2 heterocycles. The van der Waals surface area contributed by atoms with Gasteiger partial charge in [0, 0.05) is 32.4 Å². The van der Waals surface area contributed by atoms with Crippen LogP contribution in [0.25, 0.3) is 0 Å². The summed E-state index contributed by atoms with van der Waals surface area (Å²) in [5.74, 6) is 1.94. The van der Waals surface area contributed by atoms with Gasteiger partial charge in [-0.25, -0.2) is 9.98 Å². The normalized spacial score (nSPS) is 14.5. The van der Waals surface area contributed by atoms with E-state index >= 15 is 0 Å². The van der Waals surface area contributed by atoms with Crippen LogP contribution in [0.2, 0.25) is 0 Å². The molecule has 0 spiro atoms. The number of benzene rings is 1. The molecule has 26 heavy (non-hydrogen) atoms. The van der Waals surface area contributed by atoms with Gasteiger partial charge >= 0.3 is 0 Å². The molecule has 0 unspecified atom stereocenters. The summed E-state index contributed by atoms with van der Waals surface area (Å²) in [5, 5.41) is 6.74. The molecular weight excluding hydrogens is 322 g/mol. The molecule has 1 saturated heterocycles. The van der Waals surface area contributed by atoms with Gasteiger partial charge in [0.1, 0.15) is 5.82 Å². The molecule has 1 aliphatic heterocycles. The summed E-state index contributed by atoms with van der Waals surface area (Å²) < 4.78 is 0. The Morgan fingerprint density at radius 3 is 2.65 bits per heavy atom. The van der Waals surface area contributed by atoms with Gasteiger partial charge in [0.05, 0.1) is 6.54 Å². The third-order valence-electron chi connectivity index (χ3n) is 4.55. The number of nitrogens with zero attached hydrogens (tertiary/aromatic N) is 3. The Hall–Kier alpha value is -2.56. The second kappa shape index (κ2) is 9.80. The van der Waals surface area contributed by atoms with E-state index in [1.54, 1.807) is 0 Å². The molecule has 1 aromatic heterocycles. The van der Waals surface area contributed by atoms with Crippen molar-refractivity contribution in [1.29, 1.82) is 0 Å². The largest absolute Gasteiger partial charge is 0.357 e. The predicted octanol–water partition coefficient (Wildman–Crippen LogP) is 2.98. The Bertz CT molecular complexity index is 693. The van der Waals surface area contributed by atoms with Crippen LogP contribution in [0.3, 0.4) is 0 Å². The van der Waals surface area contributed by atoms with Gasteiger partial charge in [0.25, 0.3) is 0 Å². The Kier molecular flexibility index (Phi) is 6.88. The third-order valence-corrected chi connectivity index (χ3v) is 4.55. The SMILES string of the molecule is CCNC(=NCc1ccnc(N2CCCC2)c1)NCCc1ccccc1. The van der Waals surface area contributed by atoms with Gasteiger partial charge < -0.3 is 15.5 Å². The number of hydrogen-bond donors (Lipinski definition) is 2. The van der Waals surface area contributed by atoms with Crippen molar-refractivity contribution >= 4 is 11.8 Å². The average molecular weight is 351 g/mol. The summed E-state index contributed by atoms with van der Waals surface area (Å²) in [6.45, 7) is 6.70. The molecule has 0 radical (unpaired) electrons. The molecule has 1 fully saturated rings. The summed E-state index contributed by atoms with van der Waals surface area (Å²) >= 11 is 0. The highest BCUT2D eigenvalue weighted by molar-refractivity contribution is 5.79. The van der Waals surface area contributed by atoms with Gasteiger partial charge in [-0.05, 0) is 49.4 Å². The van der Waals surface area contributed by atoms with E-state index in [1.165, 1.54) is 24.0 Å². The van der Waals surface area contributed by atoms with Crippen molar-refractivity contribution in [1.82, 2.24) is 15.6 Å². The Balaban J connectivity index is 1.55. The van der Waals surface area contributed by atoms with Gasteiger partial charge in [0.15, 0.2) is 5.96 Å². The first kappa shape index (κ1) is 18.2. The molecule has 3 rings (SSSR count). The van der Waals surface area contributed by atoms with Crippen LogP contribution in [0, 0.1) is 0 Å². The van der Waals surface area contributed by atoms with E-state index < -0.39 is 0 Å². The van der Waals surface area contributed by atoms with Crippen LogP contribution < -0.4 is 15.5 Å². The van der Waals surface area contributed by atoms with E-state index in [9.17, 15) is 0 Å². The molecule has 0 amide bonds. The van der Waals surface area contributed by atoms with Crippen molar-refractivity contribution in [2.75, 3.05) is 31.1 Å². The Morgan fingerprint density at radius 2 is 1.88 bits per heavy atom. The molecule has 138 valence electrons. The van der Waals surface area contributed by atoms with Crippen LogP contribution >= 0.6 is 0 Å². The summed E-state index contributed by atoms with van der Waals surface area (Å²) in [7, 11) is 0. The van der Waals surface area contributed by atoms with Crippen LogP contribution in [0.5, 0.6) is 0 Å². The second-order valence-electron chi connectivity index (χ2n) is 6.57. The first-order valence-electron chi connectivity index (χ1n) is 9.61. The Morgan fingerprint density at radius 1 is 1.08 bits per heavy atom. The highest BCUT2D eigenvalue weighted by Crippen LogP contribution is 2.18. The van der Waals surface area contributed by atoms with Crippen LogP contribution in [0.4, 0.5) is 5.82 Å². The standard InChI is InChI=1S/C21H29N5/c1-2-22-21(24-13-10-18-8-4-3-5-9-18)25-17-19-11-12-23-20(16-19)26-14-6-7-15-26/h3-5,8-9,11-12,16H,2,6-7,10,13-15,17H2,1H3,(H2,22,24,25). The van der Waals surface area contributed by atoms with E-state index in [0.717, 1.165) is 44.4 Å². The quantitative estimate of drug-likeness (QED) is 0.595. The maximum Gasteiger partial charge on any atom is 0.191 e. The molecule has 5 nitrogen and oxygen atoms in total. The van der Waals surface area contributed by atoms with Crippen molar-refractivity contribution in [3.05, 3.63) is 59.8 Å². The van der Waals surface area contributed by atoms with Crippen molar-refractivity contribution < 1.29 is 0 Å². The molecular formula is C21H29N5. The highest BCUT2D eigenvalue weighted by atomic mass is 15.2. The van der Waals surface area contributed by atoms with Gasteiger partial charge in [-0.2, -0.15) is 0 Å². The Labute approximate surface area is 156 Å². The summed E-state index contributed by atoms with van der Waals surface area (Å²) in [6, 6.07) is 14.7. The smallest absolute Gasteiger partial charge is 0.191 e. The lowest BCUT2D eigenvalue weighted by Crippen LogP contribution is -2.38. The number of pyridine rings is 1. The van der Waals surface area contributed by atoms with Crippen molar-refractivity contribution in [2.24, 2.45) is 4.99 Å². The summed E-state index contributed by atoms with van der Waals surface area (Å²) in [6.07, 6.45) is 5.41.